The van der Waals surface area contributed by atoms with Gasteiger partial charge in [0.1, 0.15) is 11.8 Å². The molecular weight excluding hydrogens is 362 g/mol. The Hall–Kier alpha value is -2.89. The van der Waals surface area contributed by atoms with E-state index in [0.29, 0.717) is 18.8 Å². The van der Waals surface area contributed by atoms with Crippen LogP contribution in [0.25, 0.3) is 0 Å². The van der Waals surface area contributed by atoms with Crippen molar-refractivity contribution in [2.75, 3.05) is 26.2 Å². The lowest BCUT2D eigenvalue weighted by Crippen LogP contribution is -2.50. The van der Waals surface area contributed by atoms with Crippen LogP contribution in [-0.2, 0) is 17.9 Å². The Morgan fingerprint density at radius 1 is 0.897 bits per heavy atom. The molecule has 0 saturated carbocycles. The monoisotopic (exact) mass is 389 g/mol. The van der Waals surface area contributed by atoms with E-state index < -0.39 is 6.04 Å². The number of hydrogen-bond acceptors (Lipinski definition) is 4. The lowest BCUT2D eigenvalue weighted by Gasteiger charge is -2.35. The van der Waals surface area contributed by atoms with Gasteiger partial charge in [-0.05, 0) is 23.3 Å². The van der Waals surface area contributed by atoms with Crippen molar-refractivity contribution >= 4 is 5.91 Å². The van der Waals surface area contributed by atoms with E-state index in [1.165, 1.54) is 11.1 Å². The van der Waals surface area contributed by atoms with Gasteiger partial charge in [0.15, 0.2) is 0 Å². The molecule has 5 nitrogen and oxygen atoms in total. The smallest absolute Gasteiger partial charge is 0.247 e. The third-order valence-electron chi connectivity index (χ3n) is 5.30. The molecule has 29 heavy (non-hydrogen) atoms. The van der Waals surface area contributed by atoms with Gasteiger partial charge in [-0.25, -0.2) is 0 Å². The third kappa shape index (κ3) is 4.94. The van der Waals surface area contributed by atoms with Gasteiger partial charge in [0.25, 0.3) is 0 Å². The Bertz CT molecular complexity index is 834. The molecule has 1 aliphatic rings. The van der Waals surface area contributed by atoms with Crippen LogP contribution in [0.5, 0.6) is 0 Å². The van der Waals surface area contributed by atoms with Crippen LogP contribution in [0.15, 0.2) is 83.5 Å². The van der Waals surface area contributed by atoms with E-state index in [9.17, 15) is 4.79 Å². The summed E-state index contributed by atoms with van der Waals surface area (Å²) in [4.78, 5) is 17.8. The Kier molecular flexibility index (Phi) is 6.39. The number of benzene rings is 2. The van der Waals surface area contributed by atoms with E-state index in [-0.39, 0.29) is 5.91 Å². The lowest BCUT2D eigenvalue weighted by atomic mass is 10.1. The predicted molar refractivity (Wildman–Crippen MR) is 113 cm³/mol. The molecule has 1 aliphatic heterocycles. The molecule has 1 unspecified atom stereocenters. The summed E-state index contributed by atoms with van der Waals surface area (Å²) in [6, 6.07) is 23.9. The first kappa shape index (κ1) is 19.4. The fourth-order valence-electron chi connectivity index (χ4n) is 3.84. The Morgan fingerprint density at radius 2 is 1.48 bits per heavy atom. The first-order valence-corrected chi connectivity index (χ1v) is 10.2. The van der Waals surface area contributed by atoms with Gasteiger partial charge in [0.2, 0.25) is 5.91 Å². The summed E-state index contributed by atoms with van der Waals surface area (Å²) < 4.78 is 5.76. The van der Waals surface area contributed by atoms with Crippen molar-refractivity contribution in [1.82, 2.24) is 15.1 Å². The van der Waals surface area contributed by atoms with Crippen molar-refractivity contribution in [3.8, 4) is 0 Å². The van der Waals surface area contributed by atoms with Gasteiger partial charge in [0.05, 0.1) is 6.26 Å². The number of hydrogen-bond donors (Lipinski definition) is 1. The van der Waals surface area contributed by atoms with Crippen LogP contribution in [0.1, 0.15) is 22.9 Å². The molecule has 1 N–H and O–H groups in total. The molecule has 3 aromatic rings. The van der Waals surface area contributed by atoms with Crippen LogP contribution in [0, 0.1) is 0 Å². The normalized spacial score (nSPS) is 15.4. The molecule has 0 spiro atoms. The van der Waals surface area contributed by atoms with Crippen LogP contribution < -0.4 is 5.32 Å². The van der Waals surface area contributed by atoms with Gasteiger partial charge in [0, 0.05) is 39.3 Å². The topological polar surface area (TPSA) is 48.7 Å². The van der Waals surface area contributed by atoms with Gasteiger partial charge in [-0.3, -0.25) is 9.69 Å². The summed E-state index contributed by atoms with van der Waals surface area (Å²) in [7, 11) is 0. The molecule has 0 aliphatic carbocycles. The summed E-state index contributed by atoms with van der Waals surface area (Å²) in [5.41, 5.74) is 2.35. The van der Waals surface area contributed by atoms with Gasteiger partial charge in [-0.2, -0.15) is 0 Å². The quantitative estimate of drug-likeness (QED) is 0.672. The molecule has 1 aromatic heterocycles. The number of furan rings is 1. The van der Waals surface area contributed by atoms with Crippen LogP contribution in [0.3, 0.4) is 0 Å². The zero-order valence-corrected chi connectivity index (χ0v) is 16.5. The van der Waals surface area contributed by atoms with Crippen molar-refractivity contribution in [3.63, 3.8) is 0 Å². The van der Waals surface area contributed by atoms with Crippen molar-refractivity contribution < 1.29 is 9.21 Å². The summed E-state index contributed by atoms with van der Waals surface area (Å²) in [6.45, 7) is 4.43. The van der Waals surface area contributed by atoms with E-state index >= 15 is 0 Å². The Labute approximate surface area is 171 Å². The molecule has 4 rings (SSSR count). The first-order valence-electron chi connectivity index (χ1n) is 10.2. The summed E-state index contributed by atoms with van der Waals surface area (Å²) in [5, 5.41) is 3.32. The summed E-state index contributed by atoms with van der Waals surface area (Å²) in [6.07, 6.45) is 1.65. The number of nitrogens with one attached hydrogen (secondary N) is 1. The minimum Gasteiger partial charge on any atom is -0.467 e. The Morgan fingerprint density at radius 3 is 2.00 bits per heavy atom. The summed E-state index contributed by atoms with van der Waals surface area (Å²) >= 11 is 0. The highest BCUT2D eigenvalue weighted by Crippen LogP contribution is 2.28. The molecule has 1 atom stereocenters. The molecule has 1 saturated heterocycles. The maximum Gasteiger partial charge on any atom is 0.247 e. The second kappa shape index (κ2) is 9.54. The number of nitrogens with zero attached hydrogens (tertiary/aromatic N) is 2. The second-order valence-electron chi connectivity index (χ2n) is 7.37. The molecule has 2 aromatic carbocycles. The van der Waals surface area contributed by atoms with Crippen molar-refractivity contribution in [2.24, 2.45) is 0 Å². The fourth-order valence-corrected chi connectivity index (χ4v) is 3.84. The highest BCUT2D eigenvalue weighted by Gasteiger charge is 2.34. The van der Waals surface area contributed by atoms with E-state index in [1.807, 2.05) is 53.4 Å². The van der Waals surface area contributed by atoms with E-state index in [1.54, 1.807) is 6.26 Å². The molecule has 2 heterocycles. The van der Waals surface area contributed by atoms with Crippen LogP contribution in [0.2, 0.25) is 0 Å². The minimum absolute atomic E-state index is 0.105. The van der Waals surface area contributed by atoms with E-state index in [0.717, 1.165) is 26.2 Å². The first-order chi connectivity index (χ1) is 14.3. The highest BCUT2D eigenvalue weighted by atomic mass is 16.3. The number of piperazine rings is 1. The molecule has 0 bridgehead atoms. The predicted octanol–water partition coefficient (Wildman–Crippen LogP) is 3.45. The second-order valence-corrected chi connectivity index (χ2v) is 7.37. The largest absolute Gasteiger partial charge is 0.467 e. The maximum atomic E-state index is 13.6. The number of amides is 1. The number of carbonyl (C=O) groups excluding carboxylic acids is 1. The van der Waals surface area contributed by atoms with Crippen molar-refractivity contribution in [3.05, 3.63) is 95.9 Å². The van der Waals surface area contributed by atoms with Gasteiger partial charge < -0.3 is 14.6 Å². The Balaban J connectivity index is 1.67. The van der Waals surface area contributed by atoms with E-state index in [4.69, 9.17) is 4.42 Å². The molecule has 1 amide bonds. The SMILES string of the molecule is O=C(C(c1ccco1)N(Cc1ccccc1)Cc1ccccc1)N1CCNCC1. The zero-order valence-electron chi connectivity index (χ0n) is 16.5. The molecule has 5 heteroatoms. The standard InChI is InChI=1S/C24H27N3O2/c28-24(26-15-13-25-14-16-26)23(22-12-7-17-29-22)27(18-20-8-3-1-4-9-20)19-21-10-5-2-6-11-21/h1-12,17,23,25H,13-16,18-19H2. The zero-order chi connectivity index (χ0) is 19.9. The lowest BCUT2D eigenvalue weighted by molar-refractivity contribution is -0.139. The van der Waals surface area contributed by atoms with Gasteiger partial charge in [-0.15, -0.1) is 0 Å². The van der Waals surface area contributed by atoms with Crippen LogP contribution >= 0.6 is 0 Å². The van der Waals surface area contributed by atoms with Gasteiger partial charge in [-0.1, -0.05) is 60.7 Å². The number of carbonyl (C=O) groups is 1. The molecule has 1 fully saturated rings. The maximum absolute atomic E-state index is 13.6. The number of rotatable bonds is 7. The van der Waals surface area contributed by atoms with Gasteiger partial charge >= 0.3 is 0 Å². The van der Waals surface area contributed by atoms with Crippen LogP contribution in [0.4, 0.5) is 0 Å². The molecular formula is C24H27N3O2. The van der Waals surface area contributed by atoms with Crippen molar-refractivity contribution in [1.29, 1.82) is 0 Å². The fraction of sp³-hybridized carbons (Fsp3) is 0.292. The molecule has 150 valence electrons. The van der Waals surface area contributed by atoms with Crippen molar-refractivity contribution in [2.45, 2.75) is 19.1 Å². The molecule has 0 radical (unpaired) electrons. The van der Waals surface area contributed by atoms with E-state index in [2.05, 4.69) is 34.5 Å². The average molecular weight is 389 g/mol. The van der Waals surface area contributed by atoms with Crippen LogP contribution in [-0.4, -0.2) is 41.9 Å². The average Bonchev–Trinajstić information content (AvgIpc) is 3.30. The highest BCUT2D eigenvalue weighted by molar-refractivity contribution is 5.82. The minimum atomic E-state index is -0.455. The third-order valence-corrected chi connectivity index (χ3v) is 5.30. The summed E-state index contributed by atoms with van der Waals surface area (Å²) in [5.74, 6) is 0.800.